The zero-order valence-corrected chi connectivity index (χ0v) is 11.8. The van der Waals surface area contributed by atoms with Crippen molar-refractivity contribution in [1.82, 2.24) is 10.2 Å². The highest BCUT2D eigenvalue weighted by molar-refractivity contribution is 5.87. The summed E-state index contributed by atoms with van der Waals surface area (Å²) < 4.78 is 0. The van der Waals surface area contributed by atoms with Crippen molar-refractivity contribution in [3.05, 3.63) is 35.4 Å². The zero-order valence-electron chi connectivity index (χ0n) is 11.8. The first-order valence-electron chi connectivity index (χ1n) is 7.32. The lowest BCUT2D eigenvalue weighted by molar-refractivity contribution is -0.137. The van der Waals surface area contributed by atoms with Crippen LogP contribution >= 0.6 is 0 Å². The monoisotopic (exact) mass is 272 g/mol. The fourth-order valence-corrected chi connectivity index (χ4v) is 3.39. The lowest BCUT2D eigenvalue weighted by Crippen LogP contribution is -2.45. The minimum absolute atomic E-state index is 0.000553. The highest BCUT2D eigenvalue weighted by Gasteiger charge is 2.34. The molecule has 4 heteroatoms. The van der Waals surface area contributed by atoms with Crippen molar-refractivity contribution in [2.24, 2.45) is 0 Å². The van der Waals surface area contributed by atoms with Crippen LogP contribution in [0.4, 0.5) is 0 Å². The minimum atomic E-state index is -0.278. The Bertz CT molecular complexity index is 541. The summed E-state index contributed by atoms with van der Waals surface area (Å²) in [5, 5.41) is 3.13. The van der Waals surface area contributed by atoms with Crippen molar-refractivity contribution < 1.29 is 9.59 Å². The lowest BCUT2D eigenvalue weighted by Gasteiger charge is -2.24. The molecule has 2 aliphatic rings. The number of benzene rings is 1. The summed E-state index contributed by atoms with van der Waals surface area (Å²) in [6.07, 6.45) is 3.67. The molecule has 1 aromatic carbocycles. The third-order valence-corrected chi connectivity index (χ3v) is 4.41. The van der Waals surface area contributed by atoms with Gasteiger partial charge in [-0.15, -0.1) is 0 Å². The predicted molar refractivity (Wildman–Crippen MR) is 76.1 cm³/mol. The molecule has 1 heterocycles. The number of amides is 2. The van der Waals surface area contributed by atoms with E-state index in [9.17, 15) is 9.59 Å². The molecular weight excluding hydrogens is 252 g/mol. The largest absolute Gasteiger partial charge is 0.347 e. The quantitative estimate of drug-likeness (QED) is 0.892. The van der Waals surface area contributed by atoms with Gasteiger partial charge in [-0.25, -0.2) is 0 Å². The Morgan fingerprint density at radius 2 is 2.05 bits per heavy atom. The Balaban J connectivity index is 1.70. The van der Waals surface area contributed by atoms with Gasteiger partial charge in [0.15, 0.2) is 0 Å². The average molecular weight is 272 g/mol. The molecule has 1 aromatic rings. The van der Waals surface area contributed by atoms with Gasteiger partial charge in [-0.2, -0.15) is 0 Å². The molecule has 0 spiro atoms. The first kappa shape index (κ1) is 13.2. The van der Waals surface area contributed by atoms with Crippen LogP contribution in [0.1, 0.15) is 43.4 Å². The molecule has 1 saturated heterocycles. The van der Waals surface area contributed by atoms with Crippen LogP contribution in [0.15, 0.2) is 24.3 Å². The Morgan fingerprint density at radius 3 is 2.85 bits per heavy atom. The van der Waals surface area contributed by atoms with Crippen molar-refractivity contribution >= 4 is 11.8 Å². The van der Waals surface area contributed by atoms with Crippen LogP contribution in [-0.4, -0.2) is 29.3 Å². The van der Waals surface area contributed by atoms with E-state index in [1.54, 1.807) is 4.90 Å². The number of hydrogen-bond donors (Lipinski definition) is 1. The van der Waals surface area contributed by atoms with Crippen molar-refractivity contribution in [3.63, 3.8) is 0 Å². The van der Waals surface area contributed by atoms with E-state index in [4.69, 9.17) is 0 Å². The maximum atomic E-state index is 12.4. The molecule has 0 bridgehead atoms. The minimum Gasteiger partial charge on any atom is -0.347 e. The van der Waals surface area contributed by atoms with Crippen LogP contribution in [0.3, 0.4) is 0 Å². The van der Waals surface area contributed by atoms with Gasteiger partial charge in [0.05, 0.1) is 6.04 Å². The van der Waals surface area contributed by atoms with Gasteiger partial charge < -0.3 is 10.2 Å². The predicted octanol–water partition coefficient (Wildman–Crippen LogP) is 1.80. The van der Waals surface area contributed by atoms with Crippen LogP contribution in [0.25, 0.3) is 0 Å². The SMILES string of the molecule is CC(=O)N1CCCC1C(=O)NC1CCc2ccccc21. The molecular formula is C16H20N2O2. The Morgan fingerprint density at radius 1 is 1.25 bits per heavy atom. The van der Waals surface area contributed by atoms with E-state index >= 15 is 0 Å². The Kier molecular flexibility index (Phi) is 3.47. The lowest BCUT2D eigenvalue weighted by atomic mass is 10.1. The summed E-state index contributed by atoms with van der Waals surface area (Å²) in [5.74, 6) is -0.00567. The van der Waals surface area contributed by atoms with E-state index in [1.165, 1.54) is 18.1 Å². The fourth-order valence-electron chi connectivity index (χ4n) is 3.39. The third kappa shape index (κ3) is 2.30. The van der Waals surface area contributed by atoms with Crippen LogP contribution < -0.4 is 5.32 Å². The van der Waals surface area contributed by atoms with Crippen LogP contribution in [-0.2, 0) is 16.0 Å². The average Bonchev–Trinajstić information content (AvgIpc) is 3.06. The second-order valence-corrected chi connectivity index (χ2v) is 5.67. The number of nitrogens with one attached hydrogen (secondary N) is 1. The maximum absolute atomic E-state index is 12.4. The summed E-state index contributed by atoms with van der Waals surface area (Å²) in [7, 11) is 0. The fraction of sp³-hybridized carbons (Fsp3) is 0.500. The standard InChI is InChI=1S/C16H20N2O2/c1-11(19)18-10-4-7-15(18)16(20)17-14-9-8-12-5-2-3-6-13(12)14/h2-3,5-6,14-15H,4,7-10H2,1H3,(H,17,20). The number of nitrogens with zero attached hydrogens (tertiary/aromatic N) is 1. The molecule has 2 unspecified atom stereocenters. The first-order chi connectivity index (χ1) is 9.66. The van der Waals surface area contributed by atoms with Crippen molar-refractivity contribution in [3.8, 4) is 0 Å². The molecule has 2 atom stereocenters. The van der Waals surface area contributed by atoms with E-state index in [-0.39, 0.29) is 23.9 Å². The highest BCUT2D eigenvalue weighted by Crippen LogP contribution is 2.31. The van der Waals surface area contributed by atoms with Gasteiger partial charge in [0.25, 0.3) is 0 Å². The van der Waals surface area contributed by atoms with Crippen molar-refractivity contribution in [2.45, 2.75) is 44.7 Å². The van der Waals surface area contributed by atoms with Gasteiger partial charge in [-0.1, -0.05) is 24.3 Å². The number of carbonyl (C=O) groups is 2. The topological polar surface area (TPSA) is 49.4 Å². The Hall–Kier alpha value is -1.84. The first-order valence-corrected chi connectivity index (χ1v) is 7.32. The summed E-state index contributed by atoms with van der Waals surface area (Å²) in [5.41, 5.74) is 2.56. The smallest absolute Gasteiger partial charge is 0.243 e. The van der Waals surface area contributed by atoms with E-state index < -0.39 is 0 Å². The molecule has 4 nitrogen and oxygen atoms in total. The highest BCUT2D eigenvalue weighted by atomic mass is 16.2. The number of aryl methyl sites for hydroxylation is 1. The normalized spacial score (nSPS) is 24.6. The Labute approximate surface area is 119 Å². The number of fused-ring (bicyclic) bond motifs is 1. The molecule has 106 valence electrons. The van der Waals surface area contributed by atoms with E-state index in [0.29, 0.717) is 6.54 Å². The zero-order chi connectivity index (χ0) is 14.1. The van der Waals surface area contributed by atoms with Crippen LogP contribution in [0, 0.1) is 0 Å². The second kappa shape index (κ2) is 5.27. The summed E-state index contributed by atoms with van der Waals surface area (Å²) in [4.78, 5) is 25.7. The van der Waals surface area contributed by atoms with Crippen LogP contribution in [0.5, 0.6) is 0 Å². The van der Waals surface area contributed by atoms with E-state index in [0.717, 1.165) is 25.7 Å². The number of likely N-dealkylation sites (tertiary alicyclic amines) is 1. The molecule has 1 aliphatic heterocycles. The molecule has 0 aromatic heterocycles. The van der Waals surface area contributed by atoms with Gasteiger partial charge in [-0.05, 0) is 36.8 Å². The number of rotatable bonds is 2. The molecule has 1 N–H and O–H groups in total. The molecule has 1 fully saturated rings. The number of carbonyl (C=O) groups excluding carboxylic acids is 2. The van der Waals surface area contributed by atoms with E-state index in [1.807, 2.05) is 12.1 Å². The van der Waals surface area contributed by atoms with Gasteiger partial charge in [-0.3, -0.25) is 9.59 Å². The molecule has 3 rings (SSSR count). The van der Waals surface area contributed by atoms with Gasteiger partial charge in [0, 0.05) is 13.5 Å². The number of hydrogen-bond acceptors (Lipinski definition) is 2. The molecule has 1 aliphatic carbocycles. The molecule has 2 amide bonds. The molecule has 0 radical (unpaired) electrons. The summed E-state index contributed by atoms with van der Waals surface area (Å²) in [6, 6.07) is 8.09. The third-order valence-electron chi connectivity index (χ3n) is 4.41. The second-order valence-electron chi connectivity index (χ2n) is 5.67. The molecule has 0 saturated carbocycles. The van der Waals surface area contributed by atoms with Gasteiger partial charge in [0.2, 0.25) is 11.8 Å². The summed E-state index contributed by atoms with van der Waals surface area (Å²) in [6.45, 7) is 2.24. The van der Waals surface area contributed by atoms with Gasteiger partial charge >= 0.3 is 0 Å². The molecule has 20 heavy (non-hydrogen) atoms. The van der Waals surface area contributed by atoms with E-state index in [2.05, 4.69) is 17.4 Å². The van der Waals surface area contributed by atoms with Crippen LogP contribution in [0.2, 0.25) is 0 Å². The summed E-state index contributed by atoms with van der Waals surface area (Å²) >= 11 is 0. The van der Waals surface area contributed by atoms with Gasteiger partial charge in [0.1, 0.15) is 6.04 Å². The van der Waals surface area contributed by atoms with Crippen molar-refractivity contribution in [2.75, 3.05) is 6.54 Å². The maximum Gasteiger partial charge on any atom is 0.243 e. The van der Waals surface area contributed by atoms with Crippen molar-refractivity contribution in [1.29, 1.82) is 0 Å².